The Morgan fingerprint density at radius 2 is 2.06 bits per heavy atom. The molecule has 1 aliphatic rings. The van der Waals surface area contributed by atoms with E-state index < -0.39 is 23.4 Å². The van der Waals surface area contributed by atoms with E-state index in [1.165, 1.54) is 0 Å². The van der Waals surface area contributed by atoms with Crippen molar-refractivity contribution in [3.8, 4) is 0 Å². The first-order valence-corrected chi connectivity index (χ1v) is 5.33. The van der Waals surface area contributed by atoms with Gasteiger partial charge in [-0.05, 0) is 13.3 Å². The van der Waals surface area contributed by atoms with Crippen molar-refractivity contribution < 1.29 is 24.2 Å². The van der Waals surface area contributed by atoms with E-state index >= 15 is 0 Å². The fraction of sp³-hybridized carbons (Fsp3) is 0.700. The molecular weight excluding hydrogens is 228 g/mol. The highest BCUT2D eigenvalue weighted by Gasteiger charge is 2.31. The number of hydrogen-bond acceptors (Lipinski definition) is 4. The topological polar surface area (TPSA) is 105 Å². The molecule has 1 aliphatic heterocycles. The molecule has 17 heavy (non-hydrogen) atoms. The van der Waals surface area contributed by atoms with E-state index in [-0.39, 0.29) is 12.8 Å². The number of aliphatic carboxylic acids is 1. The Kier molecular flexibility index (Phi) is 4.45. The number of hydrogen-bond donors (Lipinski definition) is 3. The van der Waals surface area contributed by atoms with Crippen molar-refractivity contribution in [1.29, 1.82) is 0 Å². The predicted octanol–water partition coefficient (Wildman–Crippen LogP) is -0.144. The van der Waals surface area contributed by atoms with Gasteiger partial charge in [-0.3, -0.25) is 14.9 Å². The number of ether oxygens (including phenoxy) is 1. The molecule has 1 saturated heterocycles. The summed E-state index contributed by atoms with van der Waals surface area (Å²) >= 11 is 0. The molecule has 1 heterocycles. The SMILES string of the molecule is CC1(NC(=O)NC(=O)CCC(=O)O)CCOC1. The van der Waals surface area contributed by atoms with E-state index in [2.05, 4.69) is 10.6 Å². The summed E-state index contributed by atoms with van der Waals surface area (Å²) in [6, 6.07) is -0.617. The van der Waals surface area contributed by atoms with E-state index in [0.29, 0.717) is 19.6 Å². The molecule has 1 atom stereocenters. The monoisotopic (exact) mass is 244 g/mol. The molecule has 0 radical (unpaired) electrons. The van der Waals surface area contributed by atoms with Gasteiger partial charge >= 0.3 is 12.0 Å². The first-order chi connectivity index (χ1) is 7.91. The number of carbonyl (C=O) groups is 3. The van der Waals surface area contributed by atoms with Crippen molar-refractivity contribution >= 4 is 17.9 Å². The second-order valence-corrected chi connectivity index (χ2v) is 4.26. The summed E-state index contributed by atoms with van der Waals surface area (Å²) in [5.41, 5.74) is -0.461. The van der Waals surface area contributed by atoms with E-state index in [4.69, 9.17) is 9.84 Å². The van der Waals surface area contributed by atoms with Crippen molar-refractivity contribution in [3.05, 3.63) is 0 Å². The normalized spacial score (nSPS) is 23.1. The van der Waals surface area contributed by atoms with Gasteiger partial charge in [0.25, 0.3) is 0 Å². The standard InChI is InChI=1S/C10H16N2O5/c1-10(4-5-17-6-10)12-9(16)11-7(13)2-3-8(14)15/h2-6H2,1H3,(H,14,15)(H2,11,12,13,16). The third-order valence-corrected chi connectivity index (χ3v) is 2.45. The second kappa shape index (κ2) is 5.62. The van der Waals surface area contributed by atoms with Gasteiger partial charge in [-0.15, -0.1) is 0 Å². The van der Waals surface area contributed by atoms with Crippen LogP contribution in [0, 0.1) is 0 Å². The van der Waals surface area contributed by atoms with Crippen LogP contribution in [-0.2, 0) is 14.3 Å². The molecule has 7 heteroatoms. The van der Waals surface area contributed by atoms with Crippen LogP contribution in [0.4, 0.5) is 4.79 Å². The van der Waals surface area contributed by atoms with Gasteiger partial charge in [0.05, 0.1) is 18.6 Å². The second-order valence-electron chi connectivity index (χ2n) is 4.26. The maximum atomic E-state index is 11.4. The van der Waals surface area contributed by atoms with Crippen molar-refractivity contribution in [2.45, 2.75) is 31.7 Å². The molecule has 0 aromatic heterocycles. The molecule has 0 spiro atoms. The van der Waals surface area contributed by atoms with E-state index in [9.17, 15) is 14.4 Å². The molecule has 3 N–H and O–H groups in total. The van der Waals surface area contributed by atoms with Crippen molar-refractivity contribution in [2.24, 2.45) is 0 Å². The molecule has 0 bridgehead atoms. The number of nitrogens with one attached hydrogen (secondary N) is 2. The molecule has 0 saturated carbocycles. The number of rotatable bonds is 4. The van der Waals surface area contributed by atoms with Crippen LogP contribution in [0.3, 0.4) is 0 Å². The zero-order valence-corrected chi connectivity index (χ0v) is 9.62. The number of urea groups is 1. The van der Waals surface area contributed by atoms with Gasteiger partial charge in [-0.2, -0.15) is 0 Å². The van der Waals surface area contributed by atoms with Crippen LogP contribution >= 0.6 is 0 Å². The van der Waals surface area contributed by atoms with Crippen LogP contribution in [0.25, 0.3) is 0 Å². The van der Waals surface area contributed by atoms with Crippen LogP contribution in [0.15, 0.2) is 0 Å². The summed E-state index contributed by atoms with van der Waals surface area (Å²) in [7, 11) is 0. The van der Waals surface area contributed by atoms with E-state index in [1.54, 1.807) is 0 Å². The highest BCUT2D eigenvalue weighted by Crippen LogP contribution is 2.16. The third-order valence-electron chi connectivity index (χ3n) is 2.45. The molecule has 3 amide bonds. The zero-order valence-electron chi connectivity index (χ0n) is 9.62. The van der Waals surface area contributed by atoms with Gasteiger partial charge in [0, 0.05) is 13.0 Å². The Hall–Kier alpha value is -1.63. The molecule has 1 unspecified atom stereocenters. The lowest BCUT2D eigenvalue weighted by molar-refractivity contribution is -0.138. The number of amides is 3. The van der Waals surface area contributed by atoms with Crippen LogP contribution in [-0.4, -0.2) is 41.8 Å². The predicted molar refractivity (Wildman–Crippen MR) is 57.4 cm³/mol. The number of imide groups is 1. The summed E-state index contributed by atoms with van der Waals surface area (Å²) < 4.78 is 5.14. The quantitative estimate of drug-likeness (QED) is 0.638. The summed E-state index contributed by atoms with van der Waals surface area (Å²) in [4.78, 5) is 32.8. The molecule has 0 aromatic rings. The maximum Gasteiger partial charge on any atom is 0.321 e. The Labute approximate surface area is 98.5 Å². The van der Waals surface area contributed by atoms with Crippen LogP contribution in [0.5, 0.6) is 0 Å². The minimum atomic E-state index is -1.07. The smallest absolute Gasteiger partial charge is 0.321 e. The summed E-state index contributed by atoms with van der Waals surface area (Å²) in [5, 5.41) is 13.1. The van der Waals surface area contributed by atoms with E-state index in [1.807, 2.05) is 6.92 Å². The van der Waals surface area contributed by atoms with Gasteiger partial charge in [-0.25, -0.2) is 4.79 Å². The average Bonchev–Trinajstić information content (AvgIpc) is 2.61. The van der Waals surface area contributed by atoms with Crippen molar-refractivity contribution in [2.75, 3.05) is 13.2 Å². The number of carboxylic acid groups (broad SMARTS) is 1. The first-order valence-electron chi connectivity index (χ1n) is 5.33. The maximum absolute atomic E-state index is 11.4. The van der Waals surface area contributed by atoms with E-state index in [0.717, 1.165) is 0 Å². The zero-order chi connectivity index (χ0) is 12.9. The average molecular weight is 244 g/mol. The minimum absolute atomic E-state index is 0.212. The van der Waals surface area contributed by atoms with Crippen LogP contribution < -0.4 is 10.6 Å². The lowest BCUT2D eigenvalue weighted by Gasteiger charge is -2.23. The first kappa shape index (κ1) is 13.4. The molecule has 7 nitrogen and oxygen atoms in total. The van der Waals surface area contributed by atoms with Crippen LogP contribution in [0.1, 0.15) is 26.2 Å². The Balaban J connectivity index is 2.29. The fourth-order valence-electron chi connectivity index (χ4n) is 1.48. The number of carbonyl (C=O) groups excluding carboxylic acids is 2. The molecule has 1 fully saturated rings. The summed E-state index contributed by atoms with van der Waals surface area (Å²) in [6.45, 7) is 2.80. The minimum Gasteiger partial charge on any atom is -0.481 e. The third kappa shape index (κ3) is 4.81. The molecule has 0 aliphatic carbocycles. The summed E-state index contributed by atoms with van der Waals surface area (Å²) in [5.74, 6) is -1.68. The largest absolute Gasteiger partial charge is 0.481 e. The Morgan fingerprint density at radius 1 is 1.35 bits per heavy atom. The number of carboxylic acids is 1. The molecule has 1 rings (SSSR count). The molecule has 0 aromatic carbocycles. The molecule has 96 valence electrons. The highest BCUT2D eigenvalue weighted by atomic mass is 16.5. The fourth-order valence-corrected chi connectivity index (χ4v) is 1.48. The Morgan fingerprint density at radius 3 is 2.59 bits per heavy atom. The lowest BCUT2D eigenvalue weighted by Crippen LogP contribution is -2.52. The van der Waals surface area contributed by atoms with Gasteiger partial charge in [-0.1, -0.05) is 0 Å². The summed E-state index contributed by atoms with van der Waals surface area (Å²) in [6.07, 6.45) is 0.180. The highest BCUT2D eigenvalue weighted by molar-refractivity contribution is 5.95. The van der Waals surface area contributed by atoms with Crippen molar-refractivity contribution in [3.63, 3.8) is 0 Å². The van der Waals surface area contributed by atoms with Crippen molar-refractivity contribution in [1.82, 2.24) is 10.6 Å². The van der Waals surface area contributed by atoms with Gasteiger partial charge in [0.1, 0.15) is 0 Å². The van der Waals surface area contributed by atoms with Gasteiger partial charge in [0.15, 0.2) is 0 Å². The van der Waals surface area contributed by atoms with Gasteiger partial charge in [0.2, 0.25) is 5.91 Å². The van der Waals surface area contributed by atoms with Gasteiger partial charge < -0.3 is 15.2 Å². The molecular formula is C10H16N2O5. The lowest BCUT2D eigenvalue weighted by atomic mass is 10.0. The Bertz CT molecular complexity index is 323. The van der Waals surface area contributed by atoms with Crippen LogP contribution in [0.2, 0.25) is 0 Å².